The fraction of sp³-hybridized carbons (Fsp3) is 0.500. The second-order valence-electron chi connectivity index (χ2n) is 8.79. The van der Waals surface area contributed by atoms with E-state index in [0.29, 0.717) is 24.9 Å². The third-order valence-electron chi connectivity index (χ3n) is 6.40. The first-order valence-electron chi connectivity index (χ1n) is 10.8. The number of rotatable bonds is 5. The number of fused-ring (bicyclic) bond motifs is 1. The van der Waals surface area contributed by atoms with Gasteiger partial charge in [0.2, 0.25) is 5.92 Å². The number of imidazole rings is 1. The van der Waals surface area contributed by atoms with Crippen molar-refractivity contribution in [3.8, 4) is 11.1 Å². The van der Waals surface area contributed by atoms with E-state index in [2.05, 4.69) is 10.6 Å². The van der Waals surface area contributed by atoms with Gasteiger partial charge in [0.1, 0.15) is 5.82 Å². The number of nitrogens with zero attached hydrogens (tertiary/aromatic N) is 3. The predicted octanol–water partition coefficient (Wildman–Crippen LogP) is 5.15. The van der Waals surface area contributed by atoms with E-state index in [4.69, 9.17) is 9.72 Å². The minimum Gasteiger partial charge on any atom is -0.380 e. The van der Waals surface area contributed by atoms with E-state index < -0.39 is 5.92 Å². The first-order valence-corrected chi connectivity index (χ1v) is 10.8. The largest absolute Gasteiger partial charge is 0.380 e. The van der Waals surface area contributed by atoms with Gasteiger partial charge in [-0.15, -0.1) is 0 Å². The molecule has 5 nitrogen and oxygen atoms in total. The molecule has 0 N–H and O–H groups in total. The van der Waals surface area contributed by atoms with Gasteiger partial charge in [0.25, 0.3) is 5.56 Å². The van der Waals surface area contributed by atoms with Crippen LogP contribution < -0.4 is 5.56 Å². The maximum absolute atomic E-state index is 13.7. The van der Waals surface area contributed by atoms with Crippen LogP contribution in [0.2, 0.25) is 0 Å². The zero-order chi connectivity index (χ0) is 22.3. The van der Waals surface area contributed by atoms with Gasteiger partial charge in [-0.1, -0.05) is 6.07 Å². The lowest BCUT2D eigenvalue weighted by Gasteiger charge is -2.28. The molecule has 2 heterocycles. The zero-order valence-corrected chi connectivity index (χ0v) is 20.0. The minimum atomic E-state index is -2.57. The molecular formula is C24H31F2N3O2S. The van der Waals surface area contributed by atoms with E-state index in [9.17, 15) is 13.6 Å². The third-order valence-corrected chi connectivity index (χ3v) is 6.40. The monoisotopic (exact) mass is 463 g/mol. The number of alkyl halides is 2. The van der Waals surface area contributed by atoms with Gasteiger partial charge in [-0.25, -0.2) is 13.8 Å². The lowest BCUT2D eigenvalue weighted by molar-refractivity contribution is -0.0390. The van der Waals surface area contributed by atoms with Crippen molar-refractivity contribution >= 4 is 24.5 Å². The van der Waals surface area contributed by atoms with Gasteiger partial charge in [-0.2, -0.15) is 13.5 Å². The topological polar surface area (TPSA) is 49.1 Å². The summed E-state index contributed by atoms with van der Waals surface area (Å²) in [5.41, 5.74) is 4.42. The Labute approximate surface area is 193 Å². The molecule has 1 aliphatic carbocycles. The smallest absolute Gasteiger partial charge is 0.253 e. The Morgan fingerprint density at radius 2 is 1.91 bits per heavy atom. The summed E-state index contributed by atoms with van der Waals surface area (Å²) in [6.07, 6.45) is 2.48. The summed E-state index contributed by atoms with van der Waals surface area (Å²) in [5.74, 6) is -1.69. The molecule has 1 saturated carbocycles. The summed E-state index contributed by atoms with van der Waals surface area (Å²) in [4.78, 5) is 16.9. The van der Waals surface area contributed by atoms with Crippen molar-refractivity contribution < 1.29 is 13.5 Å². The molecule has 3 aromatic rings. The Morgan fingerprint density at radius 3 is 2.53 bits per heavy atom. The molecule has 0 spiro atoms. The van der Waals surface area contributed by atoms with E-state index in [0.717, 1.165) is 28.0 Å². The van der Waals surface area contributed by atoms with Gasteiger partial charge in [0.05, 0.1) is 23.7 Å². The first-order chi connectivity index (χ1) is 14.7. The van der Waals surface area contributed by atoms with Crippen LogP contribution in [0.5, 0.6) is 0 Å². The number of pyridine rings is 1. The number of hydrogen-bond acceptors (Lipinski definition) is 3. The Morgan fingerprint density at radius 1 is 1.22 bits per heavy atom. The van der Waals surface area contributed by atoms with Crippen LogP contribution in [0.4, 0.5) is 8.78 Å². The molecule has 32 heavy (non-hydrogen) atoms. The predicted molar refractivity (Wildman–Crippen MR) is 128 cm³/mol. The molecule has 0 radical (unpaired) electrons. The van der Waals surface area contributed by atoms with Crippen molar-refractivity contribution in [2.45, 2.75) is 64.0 Å². The maximum atomic E-state index is 13.7. The standard InChI is InChI=1S/C24H29F2N3O2.H2S/c1-15-11-19(14-28(3)23(15)30)18-5-6-20-21(12-18)29(13-16(2)31-4)22(27-20)17-7-9-24(25,26)10-8-17;/h5-6,11-12,14,16-17H,7-10,13H2,1-4H3;1H2/t16-;/m0./s1. The fourth-order valence-corrected chi connectivity index (χ4v) is 4.49. The van der Waals surface area contributed by atoms with Crippen molar-refractivity contribution in [3.63, 3.8) is 0 Å². The Kier molecular flexibility index (Phi) is 7.15. The summed E-state index contributed by atoms with van der Waals surface area (Å²) >= 11 is 0. The van der Waals surface area contributed by atoms with Crippen LogP contribution >= 0.6 is 13.5 Å². The molecular weight excluding hydrogens is 432 g/mol. The molecule has 0 unspecified atom stereocenters. The molecule has 0 amide bonds. The van der Waals surface area contributed by atoms with E-state index in [1.807, 2.05) is 38.2 Å². The first kappa shape index (κ1) is 24.5. The van der Waals surface area contributed by atoms with Gasteiger partial charge in [0, 0.05) is 44.7 Å². The molecule has 2 aromatic heterocycles. The summed E-state index contributed by atoms with van der Waals surface area (Å²) in [6.45, 7) is 4.40. The van der Waals surface area contributed by atoms with Crippen LogP contribution in [0, 0.1) is 6.92 Å². The van der Waals surface area contributed by atoms with Gasteiger partial charge in [-0.05, 0) is 56.0 Å². The van der Waals surface area contributed by atoms with Crippen LogP contribution in [0.15, 0.2) is 35.3 Å². The van der Waals surface area contributed by atoms with Crippen molar-refractivity contribution in [1.29, 1.82) is 0 Å². The van der Waals surface area contributed by atoms with E-state index in [1.54, 1.807) is 18.7 Å². The molecule has 4 rings (SSSR count). The van der Waals surface area contributed by atoms with Crippen LogP contribution in [0.3, 0.4) is 0 Å². The number of benzene rings is 1. The van der Waals surface area contributed by atoms with Crippen LogP contribution in [-0.2, 0) is 18.3 Å². The van der Waals surface area contributed by atoms with Gasteiger partial charge < -0.3 is 13.9 Å². The number of ether oxygens (including phenoxy) is 1. The summed E-state index contributed by atoms with van der Waals surface area (Å²) < 4.78 is 36.7. The fourth-order valence-electron chi connectivity index (χ4n) is 4.49. The van der Waals surface area contributed by atoms with Gasteiger partial charge in [0.15, 0.2) is 0 Å². The van der Waals surface area contributed by atoms with E-state index in [1.165, 1.54) is 0 Å². The Balaban J connectivity index is 0.00000289. The maximum Gasteiger partial charge on any atom is 0.253 e. The number of halogens is 2. The van der Waals surface area contributed by atoms with Crippen LogP contribution in [-0.4, -0.2) is 33.3 Å². The lowest BCUT2D eigenvalue weighted by Crippen LogP contribution is -2.26. The van der Waals surface area contributed by atoms with E-state index in [-0.39, 0.29) is 43.9 Å². The highest BCUT2D eigenvalue weighted by atomic mass is 32.1. The molecule has 1 atom stereocenters. The average Bonchev–Trinajstić information content (AvgIpc) is 3.09. The quantitative estimate of drug-likeness (QED) is 0.526. The second-order valence-corrected chi connectivity index (χ2v) is 8.79. The summed E-state index contributed by atoms with van der Waals surface area (Å²) in [6, 6.07) is 7.94. The minimum absolute atomic E-state index is 0. The zero-order valence-electron chi connectivity index (χ0n) is 19.0. The molecule has 0 aliphatic heterocycles. The van der Waals surface area contributed by atoms with Crippen LogP contribution in [0.1, 0.15) is 49.9 Å². The molecule has 1 aromatic carbocycles. The highest BCUT2D eigenvalue weighted by molar-refractivity contribution is 7.59. The molecule has 1 fully saturated rings. The second kappa shape index (κ2) is 9.35. The van der Waals surface area contributed by atoms with Crippen molar-refractivity contribution in [2.24, 2.45) is 7.05 Å². The van der Waals surface area contributed by atoms with Crippen molar-refractivity contribution in [2.75, 3.05) is 7.11 Å². The number of aryl methyl sites for hydroxylation is 2. The SMILES string of the molecule is CO[C@@H](C)Cn1c(C2CCC(F)(F)CC2)nc2ccc(-c3cc(C)c(=O)n(C)c3)cc21.S. The van der Waals surface area contributed by atoms with E-state index >= 15 is 0 Å². The third kappa shape index (κ3) is 4.76. The molecule has 174 valence electrons. The van der Waals surface area contributed by atoms with Gasteiger partial charge in [-0.3, -0.25) is 4.79 Å². The highest BCUT2D eigenvalue weighted by Crippen LogP contribution is 2.41. The molecule has 0 bridgehead atoms. The average molecular weight is 464 g/mol. The van der Waals surface area contributed by atoms with Crippen molar-refractivity contribution in [3.05, 3.63) is 52.2 Å². The summed E-state index contributed by atoms with van der Waals surface area (Å²) in [5, 5.41) is 0. The Bertz CT molecular complexity index is 1140. The number of hydrogen-bond donors (Lipinski definition) is 0. The molecule has 0 saturated heterocycles. The summed E-state index contributed by atoms with van der Waals surface area (Å²) in [7, 11) is 3.42. The molecule has 8 heteroatoms. The normalized spacial score (nSPS) is 17.3. The highest BCUT2D eigenvalue weighted by Gasteiger charge is 2.37. The lowest BCUT2D eigenvalue weighted by atomic mass is 9.86. The number of aromatic nitrogens is 3. The number of methoxy groups -OCH3 is 1. The van der Waals surface area contributed by atoms with Crippen molar-refractivity contribution in [1.82, 2.24) is 14.1 Å². The van der Waals surface area contributed by atoms with Crippen LogP contribution in [0.25, 0.3) is 22.2 Å². The Hall–Kier alpha value is -2.19. The van der Waals surface area contributed by atoms with Gasteiger partial charge >= 0.3 is 0 Å². The molecule has 1 aliphatic rings.